The first-order valence-corrected chi connectivity index (χ1v) is 16.6. The predicted molar refractivity (Wildman–Crippen MR) is 108 cm³/mol. The quantitative estimate of drug-likeness (QED) is 0.297. The zero-order chi connectivity index (χ0) is 16.5. The summed E-state index contributed by atoms with van der Waals surface area (Å²) in [6, 6.07) is 14.4. The van der Waals surface area contributed by atoms with Gasteiger partial charge in [-0.05, 0) is 23.3 Å². The molecule has 4 heteroatoms. The van der Waals surface area contributed by atoms with Crippen LogP contribution in [0, 0.1) is 0 Å². The van der Waals surface area contributed by atoms with E-state index in [1.807, 2.05) is 0 Å². The number of rotatable bonds is 11. The van der Waals surface area contributed by atoms with Gasteiger partial charge in [0.25, 0.3) is 0 Å². The maximum absolute atomic E-state index is 7.49. The van der Waals surface area contributed by atoms with Gasteiger partial charge in [0.2, 0.25) is 0 Å². The van der Waals surface area contributed by atoms with Crippen LogP contribution in [0.3, 0.4) is 0 Å². The Morgan fingerprint density at radius 1 is 0.727 bits per heavy atom. The van der Waals surface area contributed by atoms with Gasteiger partial charge >= 0.3 is 0 Å². The van der Waals surface area contributed by atoms with Crippen molar-refractivity contribution in [2.75, 3.05) is 0 Å². The van der Waals surface area contributed by atoms with Crippen molar-refractivity contribution in [2.45, 2.75) is 77.4 Å². The molecular formula is C18H32Cl2Si2. The molecule has 0 saturated carbocycles. The lowest BCUT2D eigenvalue weighted by atomic mass is 10.4. The van der Waals surface area contributed by atoms with Crippen LogP contribution < -0.4 is 5.19 Å². The Kier molecular flexibility index (Phi) is 9.38. The van der Waals surface area contributed by atoms with Crippen LogP contribution in [0.5, 0.6) is 0 Å². The Balaban J connectivity index is 3.17. The normalized spacial score (nSPS) is 14.8. The molecule has 0 spiro atoms. The van der Waals surface area contributed by atoms with E-state index in [9.17, 15) is 0 Å². The van der Waals surface area contributed by atoms with Gasteiger partial charge < -0.3 is 0 Å². The van der Waals surface area contributed by atoms with Crippen molar-refractivity contribution in [3.8, 4) is 0 Å². The first-order chi connectivity index (χ1) is 10.5. The highest BCUT2D eigenvalue weighted by Gasteiger charge is 2.53. The van der Waals surface area contributed by atoms with Crippen LogP contribution in [0.15, 0.2) is 30.3 Å². The summed E-state index contributed by atoms with van der Waals surface area (Å²) in [7, 11) is 0. The summed E-state index contributed by atoms with van der Waals surface area (Å²) < 4.78 is 0. The fourth-order valence-electron chi connectivity index (χ4n) is 3.18. The molecule has 0 amide bonds. The molecule has 0 heterocycles. The van der Waals surface area contributed by atoms with E-state index in [2.05, 4.69) is 51.1 Å². The molecular weight excluding hydrogens is 343 g/mol. The van der Waals surface area contributed by atoms with Crippen molar-refractivity contribution in [3.63, 3.8) is 0 Å². The summed E-state index contributed by atoms with van der Waals surface area (Å²) >= 11 is 14.9. The lowest BCUT2D eigenvalue weighted by Crippen LogP contribution is -2.63. The lowest BCUT2D eigenvalue weighted by Gasteiger charge is -2.40. The number of hydrogen-bond donors (Lipinski definition) is 0. The molecule has 0 aliphatic carbocycles. The summed E-state index contributed by atoms with van der Waals surface area (Å²) in [5.74, 6) is 0. The second-order valence-corrected chi connectivity index (χ2v) is 23.5. The van der Waals surface area contributed by atoms with Crippen molar-refractivity contribution in [2.24, 2.45) is 0 Å². The molecule has 0 fully saturated rings. The molecule has 0 bridgehead atoms. The van der Waals surface area contributed by atoms with E-state index in [1.54, 1.807) is 0 Å². The van der Waals surface area contributed by atoms with Crippen LogP contribution in [-0.2, 0) is 0 Å². The van der Waals surface area contributed by atoms with Crippen molar-refractivity contribution in [1.82, 2.24) is 0 Å². The summed E-state index contributed by atoms with van der Waals surface area (Å²) in [5.41, 5.74) is 0. The van der Waals surface area contributed by atoms with E-state index in [-0.39, 0.29) is 0 Å². The number of hydrogen-bond acceptors (Lipinski definition) is 0. The van der Waals surface area contributed by atoms with Crippen LogP contribution in [0.1, 0.15) is 59.3 Å². The first-order valence-electron chi connectivity index (χ1n) is 8.97. The molecule has 0 aromatic heterocycles. The van der Waals surface area contributed by atoms with Gasteiger partial charge in [-0.25, -0.2) is 0 Å². The van der Waals surface area contributed by atoms with Crippen LogP contribution in [-0.4, -0.2) is 13.8 Å². The number of unbranched alkanes of at least 4 members (excludes halogenated alkanes) is 3. The van der Waals surface area contributed by atoms with E-state index in [1.165, 1.54) is 55.8 Å². The fourth-order valence-corrected chi connectivity index (χ4v) is 21.3. The van der Waals surface area contributed by atoms with E-state index in [0.717, 1.165) is 6.04 Å². The average molecular weight is 376 g/mol. The molecule has 1 unspecified atom stereocenters. The van der Waals surface area contributed by atoms with Crippen LogP contribution in [0.4, 0.5) is 0 Å². The Morgan fingerprint density at radius 3 is 1.64 bits per heavy atom. The molecule has 0 radical (unpaired) electrons. The van der Waals surface area contributed by atoms with Crippen LogP contribution >= 0.6 is 22.2 Å². The van der Waals surface area contributed by atoms with Gasteiger partial charge in [0, 0.05) is 0 Å². The topological polar surface area (TPSA) is 0 Å². The highest BCUT2D eigenvalue weighted by Crippen LogP contribution is 2.40. The summed E-state index contributed by atoms with van der Waals surface area (Å²) in [4.78, 5) is 0. The van der Waals surface area contributed by atoms with Gasteiger partial charge in [-0.3, -0.25) is 0 Å². The molecule has 0 aliphatic heterocycles. The number of halogens is 2. The fraction of sp³-hybridized carbons (Fsp3) is 0.667. The zero-order valence-corrected chi connectivity index (χ0v) is 18.0. The minimum absolute atomic E-state index is 1.15. The smallest absolute Gasteiger partial charge is 0.169 e. The molecule has 0 saturated heterocycles. The largest absolute Gasteiger partial charge is 0.194 e. The minimum Gasteiger partial charge on any atom is -0.169 e. The van der Waals surface area contributed by atoms with Crippen molar-refractivity contribution in [1.29, 1.82) is 0 Å². The highest BCUT2D eigenvalue weighted by atomic mass is 35.6. The van der Waals surface area contributed by atoms with Gasteiger partial charge in [-0.1, -0.05) is 89.6 Å². The maximum Gasteiger partial charge on any atom is 0.194 e. The molecule has 0 N–H and O–H groups in total. The Labute approximate surface area is 148 Å². The predicted octanol–water partition coefficient (Wildman–Crippen LogP) is 6.74. The zero-order valence-electron chi connectivity index (χ0n) is 14.5. The molecule has 22 heavy (non-hydrogen) atoms. The molecule has 0 aliphatic rings. The van der Waals surface area contributed by atoms with E-state index < -0.39 is 13.8 Å². The Bertz CT molecular complexity index is 403. The van der Waals surface area contributed by atoms with Crippen LogP contribution in [0.2, 0.25) is 18.1 Å². The van der Waals surface area contributed by atoms with E-state index >= 15 is 0 Å². The molecule has 1 atom stereocenters. The highest BCUT2D eigenvalue weighted by molar-refractivity contribution is 7.74. The van der Waals surface area contributed by atoms with Gasteiger partial charge in [-0.15, -0.1) is 0 Å². The first kappa shape index (κ1) is 20.3. The second kappa shape index (κ2) is 10.2. The molecule has 1 rings (SSSR count). The second-order valence-electron chi connectivity index (χ2n) is 6.44. The monoisotopic (exact) mass is 374 g/mol. The van der Waals surface area contributed by atoms with Crippen molar-refractivity contribution < 1.29 is 0 Å². The summed E-state index contributed by atoms with van der Waals surface area (Å²) in [6.07, 6.45) is 7.33. The Morgan fingerprint density at radius 2 is 1.18 bits per heavy atom. The molecule has 126 valence electrons. The van der Waals surface area contributed by atoms with Crippen molar-refractivity contribution in [3.05, 3.63) is 30.3 Å². The van der Waals surface area contributed by atoms with Crippen LogP contribution in [0.25, 0.3) is 0 Å². The van der Waals surface area contributed by atoms with Gasteiger partial charge in [0.15, 0.2) is 13.8 Å². The molecule has 1 aromatic carbocycles. The standard InChI is InChI=1S/C18H32Cl2Si2/c1-4-7-15-21(19,16-8-5-2)22(20,17-9-6-3)18-13-11-10-12-14-18/h10-14H,4-9,15-17H2,1-3H3. The third kappa shape index (κ3) is 5.12. The van der Waals surface area contributed by atoms with Crippen molar-refractivity contribution >= 4 is 41.1 Å². The Hall–Kier alpha value is 0.234. The number of benzene rings is 1. The molecule has 1 aromatic rings. The summed E-state index contributed by atoms with van der Waals surface area (Å²) in [6.45, 7) is 2.73. The lowest BCUT2D eigenvalue weighted by molar-refractivity contribution is 0.840. The summed E-state index contributed by atoms with van der Waals surface area (Å²) in [5, 5.41) is 1.39. The molecule has 0 nitrogen and oxygen atoms in total. The van der Waals surface area contributed by atoms with E-state index in [0.29, 0.717) is 0 Å². The maximum atomic E-state index is 7.49. The minimum atomic E-state index is -2.10. The van der Waals surface area contributed by atoms with Gasteiger partial charge in [-0.2, -0.15) is 22.2 Å². The van der Waals surface area contributed by atoms with Gasteiger partial charge in [0.05, 0.1) is 0 Å². The average Bonchev–Trinajstić information content (AvgIpc) is 2.56. The SMILES string of the molecule is CCCC[Si](Cl)(CCCC)[Si](Cl)(CCCC)c1ccccc1. The van der Waals surface area contributed by atoms with Gasteiger partial charge in [0.1, 0.15) is 0 Å². The third-order valence-electron chi connectivity index (χ3n) is 4.67. The third-order valence-corrected chi connectivity index (χ3v) is 27.4. The van der Waals surface area contributed by atoms with E-state index in [4.69, 9.17) is 22.2 Å².